The average molecular weight is 326 g/mol. The van der Waals surface area contributed by atoms with Crippen molar-refractivity contribution in [3.63, 3.8) is 0 Å². The van der Waals surface area contributed by atoms with Crippen LogP contribution in [0.4, 0.5) is 0 Å². The Morgan fingerprint density at radius 2 is 1.00 bits per heavy atom. The van der Waals surface area contributed by atoms with E-state index in [9.17, 15) is 0 Å². The summed E-state index contributed by atoms with van der Waals surface area (Å²) >= 11 is 0. The van der Waals surface area contributed by atoms with Gasteiger partial charge >= 0.3 is 0 Å². The first-order chi connectivity index (χ1) is 0. The number of hydrogen-bond donors (Lipinski definition) is 0. The van der Waals surface area contributed by atoms with Crippen molar-refractivity contribution in [1.29, 1.82) is 0 Å². The maximum atomic E-state index is 0. The summed E-state index contributed by atoms with van der Waals surface area (Å²) in [4.78, 5) is 0. The summed E-state index contributed by atoms with van der Waals surface area (Å²) in [5, 5.41) is 0. The molecule has 0 aliphatic rings. The van der Waals surface area contributed by atoms with Crippen LogP contribution in [0, 0.1) is 0 Å². The third-order valence-corrected chi connectivity index (χ3v) is 0. The van der Waals surface area contributed by atoms with Crippen LogP contribution in [-0.4, -0.2) is 17.4 Å². The first kappa shape index (κ1) is 30.8. The van der Waals surface area contributed by atoms with Gasteiger partial charge in [-0.2, -0.15) is 0 Å². The van der Waals surface area contributed by atoms with Gasteiger partial charge in [0.05, 0.1) is 0 Å². The van der Waals surface area contributed by atoms with Gasteiger partial charge in [0.15, 0.2) is 17.4 Å². The van der Waals surface area contributed by atoms with Gasteiger partial charge in [0, 0.05) is 62.7 Å². The largest absolute Gasteiger partial charge is 0.187 e. The summed E-state index contributed by atoms with van der Waals surface area (Å²) in [7, 11) is 0. The van der Waals surface area contributed by atoms with Gasteiger partial charge in [-0.25, -0.2) is 0 Å². The minimum atomic E-state index is 0. The van der Waals surface area contributed by atoms with Gasteiger partial charge in [-0.15, -0.1) is 0 Å². The van der Waals surface area contributed by atoms with Gasteiger partial charge in [0.2, 0.25) is 0 Å². The molecule has 0 aliphatic heterocycles. The van der Waals surface area contributed by atoms with Crippen molar-refractivity contribution in [3.05, 3.63) is 0 Å². The molecule has 0 spiro atoms. The SMILES string of the molecule is [AlH3].[Au].[Ti].[V]. The molecule has 0 amide bonds. The van der Waals surface area contributed by atoms with Crippen molar-refractivity contribution in [3.8, 4) is 0 Å². The molecule has 2 radical (unpaired) electrons. The molecule has 0 aromatic carbocycles. The van der Waals surface area contributed by atoms with Crippen LogP contribution in [0.1, 0.15) is 0 Å². The van der Waals surface area contributed by atoms with Gasteiger partial charge in [-0.1, -0.05) is 0 Å². The van der Waals surface area contributed by atoms with Gasteiger partial charge in [-0.3, -0.25) is 0 Å². The van der Waals surface area contributed by atoms with Crippen molar-refractivity contribution >= 4 is 17.4 Å². The van der Waals surface area contributed by atoms with Crippen molar-refractivity contribution in [2.24, 2.45) is 0 Å². The number of hydrogen-bond acceptors (Lipinski definition) is 0. The van der Waals surface area contributed by atoms with Crippen molar-refractivity contribution < 1.29 is 62.7 Å². The Kier molecular flexibility index (Phi) is 136. The van der Waals surface area contributed by atoms with Crippen molar-refractivity contribution in [2.75, 3.05) is 0 Å². The molecule has 0 nitrogen and oxygen atoms in total. The van der Waals surface area contributed by atoms with Gasteiger partial charge in [-0.05, 0) is 0 Å². The van der Waals surface area contributed by atoms with Gasteiger partial charge in [0.1, 0.15) is 0 Å². The maximum Gasteiger partial charge on any atom is 0.187 e. The van der Waals surface area contributed by atoms with E-state index in [0.29, 0.717) is 0 Å². The molecular weight excluding hydrogens is 323 g/mol. The molecule has 0 aromatic rings. The quantitative estimate of drug-likeness (QED) is 0.491. The summed E-state index contributed by atoms with van der Waals surface area (Å²) in [6.07, 6.45) is 0. The van der Waals surface area contributed by atoms with E-state index in [4.69, 9.17) is 0 Å². The second kappa shape index (κ2) is 17.6. The minimum absolute atomic E-state index is 0. The fraction of sp³-hybridized carbons (Fsp3) is 0. The summed E-state index contributed by atoms with van der Waals surface area (Å²) in [6.45, 7) is 0. The second-order valence-corrected chi connectivity index (χ2v) is 0. The summed E-state index contributed by atoms with van der Waals surface area (Å²) in [6, 6.07) is 0. The zero-order valence-corrected chi connectivity index (χ0v) is 6.37. The molecule has 4 heteroatoms. The molecule has 0 bridgehead atoms. The molecule has 26 valence electrons. The molecule has 0 saturated carbocycles. The Morgan fingerprint density at radius 3 is 1.00 bits per heavy atom. The van der Waals surface area contributed by atoms with Crippen LogP contribution in [0.3, 0.4) is 0 Å². The van der Waals surface area contributed by atoms with Crippen LogP contribution < -0.4 is 0 Å². The molecule has 0 saturated heterocycles. The Morgan fingerprint density at radius 1 is 1.00 bits per heavy atom. The van der Waals surface area contributed by atoms with Crippen LogP contribution in [0.15, 0.2) is 0 Å². The molecule has 0 atom stereocenters. The van der Waals surface area contributed by atoms with E-state index in [1.807, 2.05) is 0 Å². The van der Waals surface area contributed by atoms with Crippen LogP contribution in [0.5, 0.6) is 0 Å². The van der Waals surface area contributed by atoms with E-state index in [1.165, 1.54) is 0 Å². The van der Waals surface area contributed by atoms with Crippen molar-refractivity contribution in [1.82, 2.24) is 0 Å². The zero-order chi connectivity index (χ0) is 0. The summed E-state index contributed by atoms with van der Waals surface area (Å²) in [5.41, 5.74) is 0. The third kappa shape index (κ3) is 8.82. The van der Waals surface area contributed by atoms with E-state index < -0.39 is 0 Å². The van der Waals surface area contributed by atoms with Crippen LogP contribution >= 0.6 is 0 Å². The van der Waals surface area contributed by atoms with E-state index in [0.717, 1.165) is 0 Å². The Balaban J connectivity index is 0. The smallest absolute Gasteiger partial charge is 0 e. The molecule has 4 heavy (non-hydrogen) atoms. The Hall–Kier alpha value is 2.57. The molecule has 0 heterocycles. The minimum Gasteiger partial charge on any atom is 0 e. The van der Waals surface area contributed by atoms with E-state index >= 15 is 0 Å². The average Bonchev–Trinajstić information content (AvgIpc) is 0. The van der Waals surface area contributed by atoms with E-state index in [1.54, 1.807) is 0 Å². The normalized spacial score (nSPS) is 0. The monoisotopic (exact) mass is 326 g/mol. The van der Waals surface area contributed by atoms with Crippen LogP contribution in [0.25, 0.3) is 0 Å². The number of rotatable bonds is 0. The first-order valence-electron chi connectivity index (χ1n) is 0. The van der Waals surface area contributed by atoms with Crippen molar-refractivity contribution in [2.45, 2.75) is 0 Å². The van der Waals surface area contributed by atoms with Gasteiger partial charge in [0.25, 0.3) is 0 Å². The predicted octanol–water partition coefficient (Wildman–Crippen LogP) is -1.19. The zero-order valence-electron chi connectivity index (χ0n) is 1.25. The molecule has 0 aliphatic carbocycles. The fourth-order valence-electron chi connectivity index (χ4n) is 0. The standard InChI is InChI=1S/Al.Au.Ti.V.3H. The third-order valence-electron chi connectivity index (χ3n) is 0. The maximum absolute atomic E-state index is 0. The topological polar surface area (TPSA) is 0 Å². The molecule has 0 aromatic heterocycles. The van der Waals surface area contributed by atoms with Crippen LogP contribution in [-0.2, 0) is 62.7 Å². The molecule has 0 unspecified atom stereocenters. The molecule has 0 N–H and O–H groups in total. The van der Waals surface area contributed by atoms with E-state index in [-0.39, 0.29) is 80.0 Å². The molecule has 0 fully saturated rings. The predicted molar refractivity (Wildman–Crippen MR) is 9.94 cm³/mol. The van der Waals surface area contributed by atoms with E-state index in [2.05, 4.69) is 0 Å². The summed E-state index contributed by atoms with van der Waals surface area (Å²) < 4.78 is 0. The Bertz CT molecular complexity index is 8.00. The Labute approximate surface area is 78.9 Å². The fourth-order valence-corrected chi connectivity index (χ4v) is 0. The molecular formula is H3AlAuTiV. The summed E-state index contributed by atoms with van der Waals surface area (Å²) in [5.74, 6) is 0. The second-order valence-electron chi connectivity index (χ2n) is 0. The van der Waals surface area contributed by atoms with Crippen LogP contribution in [0.2, 0.25) is 0 Å². The molecule has 0 rings (SSSR count). The first-order valence-corrected chi connectivity index (χ1v) is 0. The van der Waals surface area contributed by atoms with Gasteiger partial charge < -0.3 is 0 Å².